The highest BCUT2D eigenvalue weighted by atomic mass is 35.5. The van der Waals surface area contributed by atoms with Crippen LogP contribution >= 0.6 is 22.9 Å². The molecule has 1 aromatic heterocycles. The first-order chi connectivity index (χ1) is 9.93. The van der Waals surface area contributed by atoms with E-state index in [9.17, 15) is 18.4 Å². The van der Waals surface area contributed by atoms with Crippen LogP contribution in [0, 0.1) is 11.6 Å². The average Bonchev–Trinajstić information content (AvgIpc) is 2.90. The molecule has 0 aliphatic heterocycles. The number of hydrogen-bond donors (Lipinski definition) is 1. The second kappa shape index (κ2) is 6.19. The van der Waals surface area contributed by atoms with Crippen molar-refractivity contribution in [2.75, 3.05) is 12.4 Å². The van der Waals surface area contributed by atoms with E-state index in [1.54, 1.807) is 0 Å². The molecule has 1 heterocycles. The summed E-state index contributed by atoms with van der Waals surface area (Å²) in [7, 11) is 1.19. The molecule has 0 saturated carbocycles. The molecule has 0 bridgehead atoms. The predicted molar refractivity (Wildman–Crippen MR) is 75.0 cm³/mol. The third kappa shape index (κ3) is 3.20. The largest absolute Gasteiger partial charge is 0.465 e. The van der Waals surface area contributed by atoms with Crippen LogP contribution in [0.15, 0.2) is 22.9 Å². The van der Waals surface area contributed by atoms with Gasteiger partial charge in [-0.2, -0.15) is 0 Å². The van der Waals surface area contributed by atoms with E-state index < -0.39 is 34.1 Å². The van der Waals surface area contributed by atoms with Crippen molar-refractivity contribution < 1.29 is 23.1 Å². The fourth-order valence-corrected chi connectivity index (χ4v) is 2.45. The Morgan fingerprint density at radius 1 is 1.19 bits per heavy atom. The first kappa shape index (κ1) is 15.4. The second-order valence-electron chi connectivity index (χ2n) is 3.89. The summed E-state index contributed by atoms with van der Waals surface area (Å²) in [5.74, 6) is -3.42. The lowest BCUT2D eigenvalue weighted by molar-refractivity contribution is 0.0602. The maximum atomic E-state index is 13.6. The zero-order valence-electron chi connectivity index (χ0n) is 10.6. The molecule has 0 spiro atoms. The molecule has 21 heavy (non-hydrogen) atoms. The first-order valence-electron chi connectivity index (χ1n) is 5.54. The van der Waals surface area contributed by atoms with Gasteiger partial charge in [0.1, 0.15) is 11.6 Å². The van der Waals surface area contributed by atoms with E-state index in [-0.39, 0.29) is 11.3 Å². The number of amides is 1. The van der Waals surface area contributed by atoms with E-state index >= 15 is 0 Å². The molecule has 2 aromatic rings. The van der Waals surface area contributed by atoms with Crippen LogP contribution in [-0.2, 0) is 4.74 Å². The number of esters is 1. The minimum atomic E-state index is -0.964. The number of halogens is 3. The van der Waals surface area contributed by atoms with Crippen LogP contribution in [0.1, 0.15) is 20.7 Å². The van der Waals surface area contributed by atoms with Crippen molar-refractivity contribution in [1.82, 2.24) is 0 Å². The van der Waals surface area contributed by atoms with Gasteiger partial charge in [-0.3, -0.25) is 4.79 Å². The fraction of sp³-hybridized carbons (Fsp3) is 0.0769. The summed E-state index contributed by atoms with van der Waals surface area (Å²) < 4.78 is 31.5. The Morgan fingerprint density at radius 3 is 2.57 bits per heavy atom. The van der Waals surface area contributed by atoms with Gasteiger partial charge in [-0.1, -0.05) is 11.6 Å². The number of rotatable bonds is 3. The van der Waals surface area contributed by atoms with Crippen LogP contribution in [0.25, 0.3) is 0 Å². The summed E-state index contributed by atoms with van der Waals surface area (Å²) in [5.41, 5.74) is -0.226. The molecule has 0 radical (unpaired) electrons. The van der Waals surface area contributed by atoms with Crippen LogP contribution < -0.4 is 5.32 Å². The number of carbonyl (C=O) groups excluding carboxylic acids is 2. The number of methoxy groups -OCH3 is 1. The maximum Gasteiger partial charge on any atom is 0.340 e. The lowest BCUT2D eigenvalue weighted by Crippen LogP contribution is -2.16. The molecule has 0 unspecified atom stereocenters. The van der Waals surface area contributed by atoms with Gasteiger partial charge in [0.05, 0.1) is 28.9 Å². The van der Waals surface area contributed by atoms with Gasteiger partial charge in [0.15, 0.2) is 0 Å². The smallest absolute Gasteiger partial charge is 0.340 e. The van der Waals surface area contributed by atoms with E-state index in [1.165, 1.54) is 17.9 Å². The third-order valence-electron chi connectivity index (χ3n) is 2.57. The molecular weight excluding hydrogens is 324 g/mol. The van der Waals surface area contributed by atoms with E-state index in [2.05, 4.69) is 10.1 Å². The Balaban J connectivity index is 2.29. The molecule has 0 fully saturated rings. The maximum absolute atomic E-state index is 13.6. The highest BCUT2D eigenvalue weighted by Gasteiger charge is 2.19. The van der Waals surface area contributed by atoms with Crippen molar-refractivity contribution in [3.63, 3.8) is 0 Å². The molecule has 0 saturated heterocycles. The molecule has 1 aromatic carbocycles. The highest BCUT2D eigenvalue weighted by molar-refractivity contribution is 7.08. The van der Waals surface area contributed by atoms with E-state index in [1.807, 2.05) is 0 Å². The number of carbonyl (C=O) groups is 2. The fourth-order valence-electron chi connectivity index (χ4n) is 1.55. The zero-order chi connectivity index (χ0) is 15.6. The Bertz CT molecular complexity index is 717. The van der Waals surface area contributed by atoms with E-state index in [0.717, 1.165) is 11.3 Å². The molecule has 1 amide bonds. The monoisotopic (exact) mass is 331 g/mol. The summed E-state index contributed by atoms with van der Waals surface area (Å²) in [4.78, 5) is 23.4. The molecule has 0 atom stereocenters. The predicted octanol–water partition coefficient (Wildman–Crippen LogP) is 3.72. The standard InChI is InChI=1S/C13H8ClF2NO3S/c1-20-13(19)7-4-21-5-11(7)17-12(18)6-2-10(16)8(14)3-9(6)15/h2-5H,1H3,(H,17,18). The van der Waals surface area contributed by atoms with Gasteiger partial charge >= 0.3 is 5.97 Å². The van der Waals surface area contributed by atoms with Crippen molar-refractivity contribution in [1.29, 1.82) is 0 Å². The quantitative estimate of drug-likeness (QED) is 0.689. The summed E-state index contributed by atoms with van der Waals surface area (Å²) in [6.45, 7) is 0. The third-order valence-corrected chi connectivity index (χ3v) is 3.60. The van der Waals surface area contributed by atoms with Gasteiger partial charge in [-0.15, -0.1) is 11.3 Å². The molecular formula is C13H8ClF2NO3S. The number of nitrogens with one attached hydrogen (secondary N) is 1. The van der Waals surface area contributed by atoms with E-state index in [0.29, 0.717) is 12.1 Å². The van der Waals surface area contributed by atoms with Gasteiger partial charge in [0.25, 0.3) is 5.91 Å². The molecule has 8 heteroatoms. The lowest BCUT2D eigenvalue weighted by Gasteiger charge is -2.07. The van der Waals surface area contributed by atoms with Crippen molar-refractivity contribution in [3.8, 4) is 0 Å². The van der Waals surface area contributed by atoms with Gasteiger partial charge in [0, 0.05) is 10.8 Å². The van der Waals surface area contributed by atoms with Crippen LogP contribution in [0.5, 0.6) is 0 Å². The van der Waals surface area contributed by atoms with Crippen molar-refractivity contribution in [2.45, 2.75) is 0 Å². The summed E-state index contributed by atoms with van der Waals surface area (Å²) in [6.07, 6.45) is 0. The molecule has 110 valence electrons. The molecule has 0 aliphatic carbocycles. The minimum absolute atomic E-state index is 0.130. The Kier molecular flexibility index (Phi) is 4.54. The summed E-state index contributed by atoms with van der Waals surface area (Å²) >= 11 is 6.57. The Labute approximate surface area is 127 Å². The normalized spacial score (nSPS) is 10.3. The van der Waals surface area contributed by atoms with Crippen molar-refractivity contribution in [2.24, 2.45) is 0 Å². The first-order valence-corrected chi connectivity index (χ1v) is 6.86. The SMILES string of the molecule is COC(=O)c1cscc1NC(=O)c1cc(F)c(Cl)cc1F. The van der Waals surface area contributed by atoms with Gasteiger partial charge in [-0.05, 0) is 12.1 Å². The topological polar surface area (TPSA) is 55.4 Å². The van der Waals surface area contributed by atoms with Gasteiger partial charge < -0.3 is 10.1 Å². The van der Waals surface area contributed by atoms with Crippen LogP contribution in [-0.4, -0.2) is 19.0 Å². The minimum Gasteiger partial charge on any atom is -0.465 e. The lowest BCUT2D eigenvalue weighted by atomic mass is 10.2. The van der Waals surface area contributed by atoms with Crippen LogP contribution in [0.2, 0.25) is 5.02 Å². The number of hydrogen-bond acceptors (Lipinski definition) is 4. The Hall–Kier alpha value is -1.99. The molecule has 1 N–H and O–H groups in total. The van der Waals surface area contributed by atoms with Crippen LogP contribution in [0.4, 0.5) is 14.5 Å². The molecule has 2 rings (SSSR count). The molecule has 4 nitrogen and oxygen atoms in total. The molecule has 0 aliphatic rings. The summed E-state index contributed by atoms with van der Waals surface area (Å²) in [5, 5.41) is 4.86. The number of ether oxygens (including phenoxy) is 1. The average molecular weight is 332 g/mol. The second-order valence-corrected chi connectivity index (χ2v) is 5.04. The number of benzene rings is 1. The van der Waals surface area contributed by atoms with Crippen LogP contribution in [0.3, 0.4) is 0 Å². The highest BCUT2D eigenvalue weighted by Crippen LogP contribution is 2.24. The van der Waals surface area contributed by atoms with E-state index in [4.69, 9.17) is 11.6 Å². The van der Waals surface area contributed by atoms with Gasteiger partial charge in [-0.25, -0.2) is 13.6 Å². The zero-order valence-corrected chi connectivity index (χ0v) is 12.1. The Morgan fingerprint density at radius 2 is 1.90 bits per heavy atom. The number of anilines is 1. The van der Waals surface area contributed by atoms with Crippen molar-refractivity contribution in [3.05, 3.63) is 50.7 Å². The van der Waals surface area contributed by atoms with Crippen molar-refractivity contribution >= 4 is 40.5 Å². The summed E-state index contributed by atoms with van der Waals surface area (Å²) in [6, 6.07) is 1.40. The van der Waals surface area contributed by atoms with Gasteiger partial charge in [0.2, 0.25) is 0 Å². The number of thiophene rings is 1.